The Bertz CT molecular complexity index is 914. The van der Waals surface area contributed by atoms with Crippen molar-refractivity contribution in [2.45, 2.75) is 25.5 Å². The molecule has 0 saturated heterocycles. The smallest absolute Gasteiger partial charge is 0.145 e. The standard InChI is InChI=1S/C18H15BrF2N2OS/c1-18(2,3)25(24)23-17(11-7-8-16(21)14(19)9-11)12-5-4-6-15(20)13(12)10-22/h4-9H,1-3H3/t25-/m1/s1. The summed E-state index contributed by atoms with van der Waals surface area (Å²) in [7, 11) is -1.65. The maximum atomic E-state index is 14.0. The van der Waals surface area contributed by atoms with Crippen molar-refractivity contribution >= 4 is 32.6 Å². The molecular weight excluding hydrogens is 410 g/mol. The van der Waals surface area contributed by atoms with E-state index in [1.165, 1.54) is 36.4 Å². The first-order valence-electron chi connectivity index (χ1n) is 7.30. The fourth-order valence-electron chi connectivity index (χ4n) is 1.96. The Morgan fingerprint density at radius 1 is 1.20 bits per heavy atom. The van der Waals surface area contributed by atoms with Crippen LogP contribution in [0.1, 0.15) is 37.5 Å². The van der Waals surface area contributed by atoms with Gasteiger partial charge in [0.15, 0.2) is 0 Å². The fraction of sp³-hybridized carbons (Fsp3) is 0.222. The van der Waals surface area contributed by atoms with Gasteiger partial charge in [0.25, 0.3) is 0 Å². The van der Waals surface area contributed by atoms with Crippen LogP contribution in [0.25, 0.3) is 0 Å². The van der Waals surface area contributed by atoms with Gasteiger partial charge in [-0.1, -0.05) is 12.1 Å². The van der Waals surface area contributed by atoms with Crippen molar-refractivity contribution in [1.82, 2.24) is 0 Å². The normalized spacial score (nSPS) is 13.4. The van der Waals surface area contributed by atoms with Crippen molar-refractivity contribution in [3.63, 3.8) is 0 Å². The van der Waals surface area contributed by atoms with Gasteiger partial charge in [0.1, 0.15) is 28.7 Å². The van der Waals surface area contributed by atoms with E-state index in [0.717, 1.165) is 0 Å². The molecule has 2 rings (SSSR count). The van der Waals surface area contributed by atoms with Gasteiger partial charge in [0.2, 0.25) is 0 Å². The van der Waals surface area contributed by atoms with E-state index in [1.54, 1.807) is 20.8 Å². The number of halogens is 3. The molecule has 0 aliphatic rings. The van der Waals surface area contributed by atoms with Gasteiger partial charge >= 0.3 is 0 Å². The van der Waals surface area contributed by atoms with Gasteiger partial charge in [-0.05, 0) is 61.0 Å². The lowest BCUT2D eigenvalue weighted by Crippen LogP contribution is -2.22. The van der Waals surface area contributed by atoms with Crippen LogP contribution in [0.2, 0.25) is 0 Å². The SMILES string of the molecule is CC(C)(C)[S@@](=O)N=C(c1ccc(F)c(Br)c1)c1cccc(F)c1C#N. The molecule has 130 valence electrons. The van der Waals surface area contributed by atoms with Gasteiger partial charge in [-0.2, -0.15) is 9.66 Å². The van der Waals surface area contributed by atoms with Gasteiger partial charge in [-0.25, -0.2) is 13.0 Å². The molecule has 2 aromatic rings. The van der Waals surface area contributed by atoms with E-state index in [1.807, 2.05) is 6.07 Å². The number of nitrogens with zero attached hydrogens (tertiary/aromatic N) is 2. The molecule has 0 radical (unpaired) electrons. The molecule has 25 heavy (non-hydrogen) atoms. The summed E-state index contributed by atoms with van der Waals surface area (Å²) < 4.78 is 43.9. The largest absolute Gasteiger partial charge is 0.234 e. The molecule has 0 aliphatic heterocycles. The first kappa shape index (κ1) is 19.4. The molecule has 0 amide bonds. The van der Waals surface area contributed by atoms with Crippen molar-refractivity contribution in [2.24, 2.45) is 4.40 Å². The Balaban J connectivity index is 2.76. The zero-order valence-electron chi connectivity index (χ0n) is 13.8. The van der Waals surface area contributed by atoms with E-state index in [4.69, 9.17) is 0 Å². The number of benzene rings is 2. The third-order valence-electron chi connectivity index (χ3n) is 3.27. The van der Waals surface area contributed by atoms with Crippen LogP contribution in [0.15, 0.2) is 45.3 Å². The molecule has 7 heteroatoms. The number of nitriles is 1. The molecule has 0 aliphatic carbocycles. The molecule has 0 aromatic heterocycles. The van der Waals surface area contributed by atoms with Gasteiger partial charge in [0.05, 0.1) is 20.5 Å². The Hall–Kier alpha value is -1.91. The Morgan fingerprint density at radius 3 is 2.44 bits per heavy atom. The van der Waals surface area contributed by atoms with Crippen LogP contribution in [0.3, 0.4) is 0 Å². The van der Waals surface area contributed by atoms with E-state index in [2.05, 4.69) is 20.3 Å². The van der Waals surface area contributed by atoms with Crippen LogP contribution in [-0.2, 0) is 11.0 Å². The van der Waals surface area contributed by atoms with Gasteiger partial charge < -0.3 is 0 Å². The van der Waals surface area contributed by atoms with Crippen molar-refractivity contribution < 1.29 is 13.0 Å². The lowest BCUT2D eigenvalue weighted by atomic mass is 9.98. The number of hydrogen-bond acceptors (Lipinski definition) is 2. The average molecular weight is 425 g/mol. The summed E-state index contributed by atoms with van der Waals surface area (Å²) in [5.74, 6) is -1.17. The predicted molar refractivity (Wildman–Crippen MR) is 98.7 cm³/mol. The first-order chi connectivity index (χ1) is 11.6. The minimum absolute atomic E-state index is 0.171. The third kappa shape index (κ3) is 4.39. The predicted octanol–water partition coefficient (Wildman–Crippen LogP) is 4.90. The van der Waals surface area contributed by atoms with Crippen LogP contribution in [0.4, 0.5) is 8.78 Å². The van der Waals surface area contributed by atoms with Crippen LogP contribution in [-0.4, -0.2) is 14.7 Å². The lowest BCUT2D eigenvalue weighted by molar-refractivity contribution is 0.621. The molecule has 0 fully saturated rings. The Labute approximate surface area is 156 Å². The molecule has 0 bridgehead atoms. The summed E-state index contributed by atoms with van der Waals surface area (Å²) in [6, 6.07) is 10.1. The summed E-state index contributed by atoms with van der Waals surface area (Å²) in [5, 5.41) is 9.30. The molecule has 0 heterocycles. The van der Waals surface area contributed by atoms with E-state index in [9.17, 15) is 18.3 Å². The van der Waals surface area contributed by atoms with E-state index >= 15 is 0 Å². The maximum absolute atomic E-state index is 14.0. The molecule has 0 saturated carbocycles. The fourth-order valence-corrected chi connectivity index (χ4v) is 2.98. The van der Waals surface area contributed by atoms with Crippen molar-refractivity contribution in [2.75, 3.05) is 0 Å². The zero-order valence-corrected chi connectivity index (χ0v) is 16.2. The van der Waals surface area contributed by atoms with Crippen LogP contribution >= 0.6 is 15.9 Å². The molecule has 1 atom stereocenters. The zero-order chi connectivity index (χ0) is 18.8. The average Bonchev–Trinajstić information content (AvgIpc) is 2.54. The van der Waals surface area contributed by atoms with Crippen molar-refractivity contribution in [3.8, 4) is 6.07 Å². The quantitative estimate of drug-likeness (QED) is 0.657. The van der Waals surface area contributed by atoms with E-state index < -0.39 is 27.4 Å². The minimum atomic E-state index is -1.65. The van der Waals surface area contributed by atoms with E-state index in [0.29, 0.717) is 5.56 Å². The topological polar surface area (TPSA) is 53.2 Å². The maximum Gasteiger partial charge on any atom is 0.145 e. The summed E-state index contributed by atoms with van der Waals surface area (Å²) in [5.41, 5.74) is 0.601. The minimum Gasteiger partial charge on any atom is -0.234 e. The molecule has 0 spiro atoms. The summed E-state index contributed by atoms with van der Waals surface area (Å²) in [6.07, 6.45) is 0. The second-order valence-corrected chi connectivity index (χ2v) is 8.96. The first-order valence-corrected chi connectivity index (χ1v) is 9.20. The second kappa shape index (κ2) is 7.54. The molecule has 2 aromatic carbocycles. The molecular formula is C18H15BrF2N2OS. The second-order valence-electron chi connectivity index (χ2n) is 6.20. The monoisotopic (exact) mass is 424 g/mol. The summed E-state index contributed by atoms with van der Waals surface area (Å²) >= 11 is 3.10. The lowest BCUT2D eigenvalue weighted by Gasteiger charge is -2.16. The van der Waals surface area contributed by atoms with Gasteiger partial charge in [-0.3, -0.25) is 0 Å². The molecule has 3 nitrogen and oxygen atoms in total. The summed E-state index contributed by atoms with van der Waals surface area (Å²) in [4.78, 5) is 0. The Morgan fingerprint density at radius 2 is 1.88 bits per heavy atom. The van der Waals surface area contributed by atoms with Gasteiger partial charge in [-0.15, -0.1) is 0 Å². The highest BCUT2D eigenvalue weighted by Gasteiger charge is 2.23. The van der Waals surface area contributed by atoms with E-state index in [-0.39, 0.29) is 21.3 Å². The number of rotatable bonds is 3. The van der Waals surface area contributed by atoms with Crippen molar-refractivity contribution in [3.05, 3.63) is 69.2 Å². The third-order valence-corrected chi connectivity index (χ3v) is 5.28. The van der Waals surface area contributed by atoms with Crippen LogP contribution < -0.4 is 0 Å². The molecule has 0 unspecified atom stereocenters. The van der Waals surface area contributed by atoms with Crippen LogP contribution in [0.5, 0.6) is 0 Å². The highest BCUT2D eigenvalue weighted by molar-refractivity contribution is 9.10. The Kier molecular flexibility index (Phi) is 5.86. The van der Waals surface area contributed by atoms with Crippen molar-refractivity contribution in [1.29, 1.82) is 5.26 Å². The van der Waals surface area contributed by atoms with Gasteiger partial charge in [0, 0.05) is 11.1 Å². The highest BCUT2D eigenvalue weighted by atomic mass is 79.9. The van der Waals surface area contributed by atoms with Crippen LogP contribution in [0, 0.1) is 23.0 Å². The molecule has 0 N–H and O–H groups in total. The number of hydrogen-bond donors (Lipinski definition) is 0. The highest BCUT2D eigenvalue weighted by Crippen LogP contribution is 2.24. The summed E-state index contributed by atoms with van der Waals surface area (Å²) in [6.45, 7) is 5.25.